The van der Waals surface area contributed by atoms with Gasteiger partial charge in [-0.05, 0) is 67.9 Å². The van der Waals surface area contributed by atoms with Crippen molar-refractivity contribution < 1.29 is 4.79 Å². The number of nitrogens with one attached hydrogen (secondary N) is 1. The number of benzene rings is 2. The van der Waals surface area contributed by atoms with Crippen LogP contribution in [0.4, 0.5) is 0 Å². The molecule has 0 atom stereocenters. The number of carbonyl (C=O) groups is 1. The molecule has 0 aliphatic carbocycles. The van der Waals surface area contributed by atoms with Crippen LogP contribution >= 0.6 is 23.4 Å². The van der Waals surface area contributed by atoms with Gasteiger partial charge in [-0.1, -0.05) is 48.0 Å². The fourth-order valence-corrected chi connectivity index (χ4v) is 5.21. The number of aromatic nitrogens is 1. The van der Waals surface area contributed by atoms with Crippen molar-refractivity contribution in [3.63, 3.8) is 0 Å². The first-order valence-corrected chi connectivity index (χ1v) is 11.5. The molecule has 0 fully saturated rings. The molecule has 5 rings (SSSR count). The summed E-state index contributed by atoms with van der Waals surface area (Å²) >= 11 is 7.72. The van der Waals surface area contributed by atoms with Gasteiger partial charge in [0.05, 0.1) is 16.3 Å². The Labute approximate surface area is 200 Å². The number of amidine groups is 2. The van der Waals surface area contributed by atoms with Crippen LogP contribution in [0.1, 0.15) is 28.1 Å². The Balaban J connectivity index is 1.53. The lowest BCUT2D eigenvalue weighted by atomic mass is 10.1. The average molecular weight is 474 g/mol. The number of carbonyl (C=O) groups excluding carboxylic acids is 1. The number of aryl methyl sites for hydroxylation is 2. The molecule has 2 aromatic carbocycles. The van der Waals surface area contributed by atoms with Gasteiger partial charge in [0.15, 0.2) is 5.84 Å². The van der Waals surface area contributed by atoms with Crippen LogP contribution in [-0.4, -0.2) is 31.5 Å². The van der Waals surface area contributed by atoms with Crippen LogP contribution < -0.4 is 0 Å². The van der Waals surface area contributed by atoms with E-state index in [1.165, 1.54) is 16.8 Å². The summed E-state index contributed by atoms with van der Waals surface area (Å²) in [7, 11) is 0. The van der Waals surface area contributed by atoms with Gasteiger partial charge in [-0.25, -0.2) is 0 Å². The molecule has 1 amide bonds. The highest BCUT2D eigenvalue weighted by atomic mass is 35.5. The highest BCUT2D eigenvalue weighted by Crippen LogP contribution is 2.33. The fraction of sp³-hybridized carbons (Fsp3) is 0.120. The number of hydrogen-bond acceptors (Lipinski definition) is 4. The third-order valence-corrected chi connectivity index (χ3v) is 6.95. The lowest BCUT2D eigenvalue weighted by Crippen LogP contribution is -2.35. The SMILES string of the molecule is Cc1ccccc1C1=NN2C(=N)/C(=C/c3cc(C)n(-c4ccccc4Cl)c3C)C(=O)N=C2S1. The number of fused-ring (bicyclic) bond motifs is 1. The highest BCUT2D eigenvalue weighted by Gasteiger charge is 2.36. The van der Waals surface area contributed by atoms with Gasteiger partial charge in [-0.2, -0.15) is 15.1 Å². The molecule has 0 spiro atoms. The Bertz CT molecular complexity index is 1430. The van der Waals surface area contributed by atoms with Crippen molar-refractivity contribution in [1.82, 2.24) is 9.58 Å². The van der Waals surface area contributed by atoms with E-state index in [1.807, 2.05) is 79.9 Å². The molecule has 33 heavy (non-hydrogen) atoms. The smallest absolute Gasteiger partial charge is 0.283 e. The fourth-order valence-electron chi connectivity index (χ4n) is 4.01. The lowest BCUT2D eigenvalue weighted by molar-refractivity contribution is -0.114. The number of thioether (sulfide) groups is 1. The molecule has 2 aliphatic heterocycles. The minimum absolute atomic E-state index is 0.0173. The summed E-state index contributed by atoms with van der Waals surface area (Å²) in [6.45, 7) is 5.96. The second-order valence-corrected chi connectivity index (χ2v) is 9.22. The van der Waals surface area contributed by atoms with Crippen molar-refractivity contribution in [2.45, 2.75) is 20.8 Å². The van der Waals surface area contributed by atoms with E-state index in [2.05, 4.69) is 10.1 Å². The third-order valence-electron chi connectivity index (χ3n) is 5.69. The monoisotopic (exact) mass is 473 g/mol. The summed E-state index contributed by atoms with van der Waals surface area (Å²) in [5.41, 5.74) is 5.83. The van der Waals surface area contributed by atoms with Gasteiger partial charge < -0.3 is 4.57 Å². The first-order valence-electron chi connectivity index (χ1n) is 10.3. The predicted octanol–water partition coefficient (Wildman–Crippen LogP) is 5.72. The quantitative estimate of drug-likeness (QED) is 0.494. The van der Waals surface area contributed by atoms with Crippen molar-refractivity contribution >= 4 is 51.4 Å². The summed E-state index contributed by atoms with van der Waals surface area (Å²) in [4.78, 5) is 17.1. The van der Waals surface area contributed by atoms with Crippen molar-refractivity contribution in [2.75, 3.05) is 0 Å². The molecular formula is C25H20ClN5OS. The van der Waals surface area contributed by atoms with Crippen LogP contribution in [0.2, 0.25) is 5.02 Å². The summed E-state index contributed by atoms with van der Waals surface area (Å²) in [5.74, 6) is -0.425. The molecule has 0 radical (unpaired) electrons. The second kappa shape index (κ2) is 8.17. The van der Waals surface area contributed by atoms with E-state index in [1.54, 1.807) is 6.08 Å². The molecule has 1 N–H and O–H groups in total. The van der Waals surface area contributed by atoms with Crippen molar-refractivity contribution in [1.29, 1.82) is 5.41 Å². The van der Waals surface area contributed by atoms with Gasteiger partial charge in [0.1, 0.15) is 5.04 Å². The average Bonchev–Trinajstić information content (AvgIpc) is 3.32. The van der Waals surface area contributed by atoms with Gasteiger partial charge in [-0.3, -0.25) is 10.2 Å². The number of hydrogen-bond donors (Lipinski definition) is 1. The Morgan fingerprint density at radius 2 is 1.79 bits per heavy atom. The standard InChI is InChI=1S/C25H20ClN5OS/c1-14-8-4-5-9-18(14)24-29-31-22(27)19(23(32)28-25(31)33-24)13-17-12-15(2)30(16(17)3)21-11-7-6-10-20(21)26/h4-13,27H,1-3H3/b19-13-,27-22?. The van der Waals surface area contributed by atoms with E-state index in [4.69, 9.17) is 17.0 Å². The van der Waals surface area contributed by atoms with Gasteiger partial charge in [0.25, 0.3) is 5.91 Å². The molecule has 3 aromatic rings. The zero-order chi connectivity index (χ0) is 23.3. The van der Waals surface area contributed by atoms with Crippen LogP contribution in [-0.2, 0) is 4.79 Å². The molecule has 3 heterocycles. The van der Waals surface area contributed by atoms with E-state index in [9.17, 15) is 4.79 Å². The number of nitrogens with zero attached hydrogens (tertiary/aromatic N) is 4. The molecule has 0 unspecified atom stereocenters. The Morgan fingerprint density at radius 1 is 1.06 bits per heavy atom. The first-order chi connectivity index (χ1) is 15.8. The van der Waals surface area contributed by atoms with Gasteiger partial charge in [-0.15, -0.1) is 0 Å². The molecule has 2 aliphatic rings. The number of halogens is 1. The summed E-state index contributed by atoms with van der Waals surface area (Å²) < 4.78 is 2.04. The van der Waals surface area contributed by atoms with Gasteiger partial charge >= 0.3 is 0 Å². The van der Waals surface area contributed by atoms with Crippen molar-refractivity contribution in [2.24, 2.45) is 10.1 Å². The Hall–Kier alpha value is -3.42. The van der Waals surface area contributed by atoms with E-state index >= 15 is 0 Å². The molecule has 164 valence electrons. The summed E-state index contributed by atoms with van der Waals surface area (Å²) in [6.07, 6.45) is 1.71. The van der Waals surface area contributed by atoms with Crippen LogP contribution in [0, 0.1) is 26.2 Å². The van der Waals surface area contributed by atoms with Crippen LogP contribution in [0.5, 0.6) is 0 Å². The van der Waals surface area contributed by atoms with Crippen LogP contribution in [0.3, 0.4) is 0 Å². The van der Waals surface area contributed by atoms with Gasteiger partial charge in [0, 0.05) is 17.0 Å². The minimum Gasteiger partial charge on any atom is -0.316 e. The Kier molecular flexibility index (Phi) is 5.31. The van der Waals surface area contributed by atoms with E-state index < -0.39 is 5.91 Å². The largest absolute Gasteiger partial charge is 0.316 e. The highest BCUT2D eigenvalue weighted by molar-refractivity contribution is 8.27. The van der Waals surface area contributed by atoms with Gasteiger partial charge in [0.2, 0.25) is 5.17 Å². The van der Waals surface area contributed by atoms with Crippen molar-refractivity contribution in [3.05, 3.63) is 93.3 Å². The normalized spacial score (nSPS) is 16.8. The van der Waals surface area contributed by atoms with E-state index in [0.717, 1.165) is 38.8 Å². The van der Waals surface area contributed by atoms with Crippen molar-refractivity contribution in [3.8, 4) is 5.69 Å². The second-order valence-electron chi connectivity index (χ2n) is 7.85. The number of para-hydroxylation sites is 1. The van der Waals surface area contributed by atoms with E-state index in [-0.39, 0.29) is 11.4 Å². The molecule has 1 aromatic heterocycles. The summed E-state index contributed by atoms with van der Waals surface area (Å²) in [6, 6.07) is 17.5. The zero-order valence-electron chi connectivity index (χ0n) is 18.3. The number of amides is 1. The molecule has 0 saturated carbocycles. The third kappa shape index (κ3) is 3.63. The zero-order valence-corrected chi connectivity index (χ0v) is 19.8. The number of rotatable bonds is 3. The molecule has 8 heteroatoms. The molecule has 0 bridgehead atoms. The summed E-state index contributed by atoms with van der Waals surface area (Å²) in [5, 5.41) is 16.5. The van der Waals surface area contributed by atoms with Crippen LogP contribution in [0.25, 0.3) is 11.8 Å². The number of aliphatic imine (C=N–C) groups is 1. The van der Waals surface area contributed by atoms with E-state index in [0.29, 0.717) is 10.2 Å². The maximum Gasteiger partial charge on any atom is 0.283 e. The van der Waals surface area contributed by atoms with Crippen LogP contribution in [0.15, 0.2) is 70.3 Å². The first kappa shape index (κ1) is 21.4. The lowest BCUT2D eigenvalue weighted by Gasteiger charge is -2.20. The molecule has 6 nitrogen and oxygen atoms in total. The Morgan fingerprint density at radius 3 is 2.55 bits per heavy atom. The molecular weight excluding hydrogens is 454 g/mol. The maximum absolute atomic E-state index is 12.9. The minimum atomic E-state index is -0.442. The molecule has 0 saturated heterocycles. The number of hydrazone groups is 1. The maximum atomic E-state index is 12.9. The predicted molar refractivity (Wildman–Crippen MR) is 136 cm³/mol. The topological polar surface area (TPSA) is 73.8 Å².